The minimum Gasteiger partial charge on any atom is -0.370 e. The molecule has 0 rings (SSSR count). The van der Waals surface area contributed by atoms with Crippen LogP contribution >= 0.6 is 22.6 Å². The van der Waals surface area contributed by atoms with Crippen molar-refractivity contribution in [2.24, 2.45) is 5.73 Å². The second kappa shape index (κ2) is 3.72. The highest BCUT2D eigenvalue weighted by Crippen LogP contribution is 2.01. The molecule has 0 aromatic heterocycles. The fourth-order valence-electron chi connectivity index (χ4n) is 0.236. The van der Waals surface area contributed by atoms with Crippen LogP contribution in [0.4, 0.5) is 0 Å². The van der Waals surface area contributed by atoms with Crippen molar-refractivity contribution in [2.45, 2.75) is 10.3 Å². The molecular weight excluding hydrogens is 217 g/mol. The van der Waals surface area contributed by atoms with Crippen LogP contribution in [0, 0.1) is 12.3 Å². The van der Waals surface area contributed by atoms with Gasteiger partial charge in [0, 0.05) is 6.42 Å². The summed E-state index contributed by atoms with van der Waals surface area (Å²) in [4.78, 5) is 10.1. The normalized spacial score (nSPS) is 12.0. The van der Waals surface area contributed by atoms with Crippen LogP contribution in [0.3, 0.4) is 0 Å². The molecule has 0 aliphatic heterocycles. The van der Waals surface area contributed by atoms with Crippen molar-refractivity contribution >= 4 is 28.5 Å². The minimum absolute atomic E-state index is 0.0508. The van der Waals surface area contributed by atoms with Crippen LogP contribution in [-0.4, -0.2) is 9.83 Å². The first-order chi connectivity index (χ1) is 3.66. The Labute approximate surface area is 62.0 Å². The third kappa shape index (κ3) is 3.93. The first-order valence-electron chi connectivity index (χ1n) is 2.05. The summed E-state index contributed by atoms with van der Waals surface area (Å²) in [5, 5.41) is 0. The lowest BCUT2D eigenvalue weighted by atomic mass is 10.3. The SMILES string of the molecule is C#CC(I)CC(N)=O. The zero-order valence-corrected chi connectivity index (χ0v) is 6.38. The second-order valence-corrected chi connectivity index (χ2v) is 2.81. The highest BCUT2D eigenvalue weighted by molar-refractivity contribution is 14.1. The van der Waals surface area contributed by atoms with Gasteiger partial charge in [-0.25, -0.2) is 0 Å². The summed E-state index contributed by atoms with van der Waals surface area (Å²) >= 11 is 1.98. The number of alkyl halides is 1. The Hall–Kier alpha value is -0.240. The second-order valence-electron chi connectivity index (χ2n) is 1.30. The Kier molecular flexibility index (Phi) is 3.61. The van der Waals surface area contributed by atoms with Crippen molar-refractivity contribution in [3.05, 3.63) is 0 Å². The van der Waals surface area contributed by atoms with Crippen molar-refractivity contribution in [2.75, 3.05) is 0 Å². The van der Waals surface area contributed by atoms with E-state index in [1.54, 1.807) is 0 Å². The maximum absolute atomic E-state index is 10.1. The Bertz CT molecular complexity index is 127. The minimum atomic E-state index is -0.345. The van der Waals surface area contributed by atoms with Crippen molar-refractivity contribution < 1.29 is 4.79 Å². The summed E-state index contributed by atoms with van der Waals surface area (Å²) in [6.45, 7) is 0. The van der Waals surface area contributed by atoms with E-state index in [4.69, 9.17) is 12.2 Å². The number of nitrogens with two attached hydrogens (primary N) is 1. The summed E-state index contributed by atoms with van der Waals surface area (Å²) < 4.78 is -0.0508. The van der Waals surface area contributed by atoms with Gasteiger partial charge < -0.3 is 5.73 Å². The van der Waals surface area contributed by atoms with Crippen LogP contribution in [0.1, 0.15) is 6.42 Å². The Morgan fingerprint density at radius 1 is 2.00 bits per heavy atom. The molecule has 0 spiro atoms. The van der Waals surface area contributed by atoms with E-state index < -0.39 is 0 Å². The molecule has 0 fully saturated rings. The molecule has 8 heavy (non-hydrogen) atoms. The van der Waals surface area contributed by atoms with Gasteiger partial charge in [0.05, 0.1) is 3.92 Å². The standard InChI is InChI=1S/C5H6INO/c1-2-4(6)3-5(7)8/h1,4H,3H2,(H2,7,8). The lowest BCUT2D eigenvalue weighted by molar-refractivity contribution is -0.117. The zero-order valence-electron chi connectivity index (χ0n) is 4.23. The molecule has 0 aliphatic carbocycles. The molecular formula is C5H6INO. The van der Waals surface area contributed by atoms with Crippen molar-refractivity contribution in [1.82, 2.24) is 0 Å². The maximum Gasteiger partial charge on any atom is 0.219 e. The third-order valence-electron chi connectivity index (χ3n) is 0.561. The maximum atomic E-state index is 10.1. The van der Waals surface area contributed by atoms with Gasteiger partial charge in [-0.15, -0.1) is 6.42 Å². The molecule has 0 bridgehead atoms. The summed E-state index contributed by atoms with van der Waals surface area (Å²) in [5.41, 5.74) is 4.83. The Morgan fingerprint density at radius 2 is 2.50 bits per heavy atom. The number of hydrogen-bond donors (Lipinski definition) is 1. The molecule has 44 valence electrons. The fraction of sp³-hybridized carbons (Fsp3) is 0.400. The van der Waals surface area contributed by atoms with Crippen LogP contribution < -0.4 is 5.73 Å². The predicted octanol–water partition coefficient (Wildman–Crippen LogP) is 0.299. The van der Waals surface area contributed by atoms with Crippen molar-refractivity contribution in [1.29, 1.82) is 0 Å². The van der Waals surface area contributed by atoms with Crippen molar-refractivity contribution in [3.8, 4) is 12.3 Å². The van der Waals surface area contributed by atoms with Crippen LogP contribution in [0.2, 0.25) is 0 Å². The van der Waals surface area contributed by atoms with Gasteiger partial charge in [-0.2, -0.15) is 0 Å². The number of primary amides is 1. The monoisotopic (exact) mass is 223 g/mol. The third-order valence-corrected chi connectivity index (χ3v) is 1.36. The average Bonchev–Trinajstić information content (AvgIpc) is 1.65. The van der Waals surface area contributed by atoms with E-state index in [0.717, 1.165) is 0 Å². The number of carbonyl (C=O) groups is 1. The van der Waals surface area contributed by atoms with Crippen LogP contribution in [0.25, 0.3) is 0 Å². The molecule has 0 aromatic carbocycles. The van der Waals surface area contributed by atoms with Gasteiger partial charge in [0.1, 0.15) is 0 Å². The Morgan fingerprint density at radius 3 is 2.62 bits per heavy atom. The lowest BCUT2D eigenvalue weighted by Crippen LogP contribution is -2.14. The first kappa shape index (κ1) is 7.76. The molecule has 0 radical (unpaired) electrons. The highest BCUT2D eigenvalue weighted by Gasteiger charge is 2.01. The zero-order chi connectivity index (χ0) is 6.57. The number of hydrogen-bond acceptors (Lipinski definition) is 1. The van der Waals surface area contributed by atoms with E-state index in [0.29, 0.717) is 0 Å². The lowest BCUT2D eigenvalue weighted by Gasteiger charge is -1.93. The first-order valence-corrected chi connectivity index (χ1v) is 3.30. The van der Waals surface area contributed by atoms with E-state index in [9.17, 15) is 4.79 Å². The summed E-state index contributed by atoms with van der Waals surface area (Å²) in [7, 11) is 0. The van der Waals surface area contributed by atoms with E-state index >= 15 is 0 Å². The summed E-state index contributed by atoms with van der Waals surface area (Å²) in [5.74, 6) is 2.04. The smallest absolute Gasteiger partial charge is 0.219 e. The van der Waals surface area contributed by atoms with Crippen LogP contribution in [0.15, 0.2) is 0 Å². The molecule has 1 unspecified atom stereocenters. The largest absolute Gasteiger partial charge is 0.370 e. The van der Waals surface area contributed by atoms with Crippen LogP contribution in [-0.2, 0) is 4.79 Å². The molecule has 1 amide bonds. The molecule has 2 nitrogen and oxygen atoms in total. The van der Waals surface area contributed by atoms with E-state index in [1.807, 2.05) is 22.6 Å². The van der Waals surface area contributed by atoms with Gasteiger partial charge in [-0.1, -0.05) is 28.5 Å². The van der Waals surface area contributed by atoms with Gasteiger partial charge in [0.15, 0.2) is 0 Å². The van der Waals surface area contributed by atoms with Crippen molar-refractivity contribution in [3.63, 3.8) is 0 Å². The molecule has 0 aromatic rings. The molecule has 3 heteroatoms. The molecule has 2 N–H and O–H groups in total. The number of rotatable bonds is 2. The molecule has 1 atom stereocenters. The number of amides is 1. The number of carbonyl (C=O) groups excluding carboxylic acids is 1. The van der Waals surface area contributed by atoms with Gasteiger partial charge >= 0.3 is 0 Å². The summed E-state index contributed by atoms with van der Waals surface area (Å²) in [6, 6.07) is 0. The quantitative estimate of drug-likeness (QED) is 0.408. The predicted molar refractivity (Wildman–Crippen MR) is 40.5 cm³/mol. The van der Waals surface area contributed by atoms with Crippen LogP contribution in [0.5, 0.6) is 0 Å². The van der Waals surface area contributed by atoms with Gasteiger partial charge in [0.2, 0.25) is 5.91 Å². The highest BCUT2D eigenvalue weighted by atomic mass is 127. The van der Waals surface area contributed by atoms with E-state index in [-0.39, 0.29) is 16.3 Å². The molecule has 0 heterocycles. The topological polar surface area (TPSA) is 43.1 Å². The molecule has 0 aliphatic rings. The van der Waals surface area contributed by atoms with E-state index in [1.165, 1.54) is 0 Å². The van der Waals surface area contributed by atoms with Gasteiger partial charge in [0.25, 0.3) is 0 Å². The molecule has 0 saturated heterocycles. The van der Waals surface area contributed by atoms with Gasteiger partial charge in [-0.05, 0) is 0 Å². The summed E-state index contributed by atoms with van der Waals surface area (Å²) in [6.07, 6.45) is 5.23. The number of terminal acetylenes is 1. The Balaban J connectivity index is 3.43. The fourth-order valence-corrected chi connectivity index (χ4v) is 0.670. The molecule has 0 saturated carbocycles. The van der Waals surface area contributed by atoms with E-state index in [2.05, 4.69) is 5.92 Å². The average molecular weight is 223 g/mol. The number of halogens is 1. The van der Waals surface area contributed by atoms with Gasteiger partial charge in [-0.3, -0.25) is 4.79 Å².